The van der Waals surface area contributed by atoms with Crippen molar-refractivity contribution in [2.45, 2.75) is 12.7 Å². The van der Waals surface area contributed by atoms with Gasteiger partial charge in [0.05, 0.1) is 24.0 Å². The van der Waals surface area contributed by atoms with Crippen LogP contribution in [0.4, 0.5) is 23.2 Å². The number of nitrogens with one attached hydrogen (secondary N) is 1. The lowest BCUT2D eigenvalue weighted by Crippen LogP contribution is -2.10. The average Bonchev–Trinajstić information content (AvgIpc) is 2.68. The van der Waals surface area contributed by atoms with Gasteiger partial charge in [-0.05, 0) is 18.2 Å². The van der Waals surface area contributed by atoms with Crippen LogP contribution in [0.5, 0.6) is 0 Å². The molecule has 108 valence electrons. The third-order valence-electron chi connectivity index (χ3n) is 2.76. The van der Waals surface area contributed by atoms with Crippen molar-refractivity contribution in [3.8, 4) is 0 Å². The van der Waals surface area contributed by atoms with Crippen molar-refractivity contribution in [2.75, 3.05) is 5.32 Å². The summed E-state index contributed by atoms with van der Waals surface area (Å²) in [7, 11) is 1.65. The summed E-state index contributed by atoms with van der Waals surface area (Å²) in [5, 5.41) is 2.96. The molecule has 0 aliphatic carbocycles. The molecule has 0 atom stereocenters. The zero-order valence-electron chi connectivity index (χ0n) is 10.3. The summed E-state index contributed by atoms with van der Waals surface area (Å²) in [6, 6.07) is 2.19. The van der Waals surface area contributed by atoms with Crippen LogP contribution in [0.15, 0.2) is 24.4 Å². The molecule has 1 heterocycles. The Morgan fingerprint density at radius 3 is 2.60 bits per heavy atom. The van der Waals surface area contributed by atoms with Crippen molar-refractivity contribution < 1.29 is 17.6 Å². The maximum atomic E-state index is 13.5. The molecule has 0 bridgehead atoms. The van der Waals surface area contributed by atoms with Crippen molar-refractivity contribution >= 4 is 17.3 Å². The molecule has 20 heavy (non-hydrogen) atoms. The van der Waals surface area contributed by atoms with Crippen molar-refractivity contribution in [3.05, 3.63) is 46.8 Å². The zero-order valence-corrected chi connectivity index (χ0v) is 11.1. The number of nitrogens with zero attached hydrogens (tertiary/aromatic N) is 2. The smallest absolute Gasteiger partial charge is 0.375 e. The second kappa shape index (κ2) is 5.32. The van der Waals surface area contributed by atoms with Crippen LogP contribution in [0.25, 0.3) is 0 Å². The molecule has 8 heteroatoms. The van der Waals surface area contributed by atoms with Crippen LogP contribution in [0, 0.1) is 5.82 Å². The Morgan fingerprint density at radius 2 is 2.05 bits per heavy atom. The van der Waals surface area contributed by atoms with Crippen LogP contribution in [-0.2, 0) is 19.8 Å². The first-order valence-electron chi connectivity index (χ1n) is 5.55. The van der Waals surface area contributed by atoms with Crippen LogP contribution in [-0.4, -0.2) is 9.55 Å². The van der Waals surface area contributed by atoms with Gasteiger partial charge in [0.25, 0.3) is 0 Å². The molecule has 1 N–H and O–H groups in total. The van der Waals surface area contributed by atoms with Gasteiger partial charge in [-0.2, -0.15) is 13.2 Å². The Labute approximate surface area is 117 Å². The lowest BCUT2D eigenvalue weighted by Gasteiger charge is -2.11. The molecule has 0 unspecified atom stereocenters. The standard InChI is InChI=1S/C12H10ClF4N3/c1-20-10(13)5-19-11(20)6-18-9-4-7(12(15,16)17)2-3-8(9)14/h2-5,18H,6H2,1H3. The first kappa shape index (κ1) is 14.6. The minimum atomic E-state index is -4.52. The largest absolute Gasteiger partial charge is 0.416 e. The summed E-state index contributed by atoms with van der Waals surface area (Å²) in [6.45, 7) is 0.0570. The van der Waals surface area contributed by atoms with E-state index in [0.29, 0.717) is 17.0 Å². The van der Waals surface area contributed by atoms with Crippen molar-refractivity contribution in [2.24, 2.45) is 7.05 Å². The van der Waals surface area contributed by atoms with Gasteiger partial charge in [-0.1, -0.05) is 11.6 Å². The lowest BCUT2D eigenvalue weighted by molar-refractivity contribution is -0.137. The fourth-order valence-electron chi connectivity index (χ4n) is 1.60. The van der Waals surface area contributed by atoms with E-state index < -0.39 is 17.6 Å². The topological polar surface area (TPSA) is 29.9 Å². The quantitative estimate of drug-likeness (QED) is 0.873. The van der Waals surface area contributed by atoms with E-state index in [-0.39, 0.29) is 12.2 Å². The molecule has 0 saturated carbocycles. The summed E-state index contributed by atoms with van der Waals surface area (Å²) >= 11 is 5.78. The highest BCUT2D eigenvalue weighted by Gasteiger charge is 2.31. The molecule has 2 rings (SSSR count). The molecular formula is C12H10ClF4N3. The van der Waals surface area contributed by atoms with Crippen LogP contribution < -0.4 is 5.32 Å². The Bertz CT molecular complexity index is 622. The normalized spacial score (nSPS) is 11.7. The molecule has 0 spiro atoms. The third kappa shape index (κ3) is 3.04. The Balaban J connectivity index is 2.19. The van der Waals surface area contributed by atoms with Gasteiger partial charge in [-0.3, -0.25) is 0 Å². The van der Waals surface area contributed by atoms with Gasteiger partial charge in [0.15, 0.2) is 0 Å². The minimum Gasteiger partial charge on any atom is -0.375 e. The summed E-state index contributed by atoms with van der Waals surface area (Å²) in [6.07, 6.45) is -3.11. The molecule has 0 aliphatic rings. The van der Waals surface area contributed by atoms with E-state index in [0.717, 1.165) is 12.1 Å². The van der Waals surface area contributed by atoms with Crippen molar-refractivity contribution in [1.29, 1.82) is 0 Å². The lowest BCUT2D eigenvalue weighted by atomic mass is 10.2. The number of hydrogen-bond donors (Lipinski definition) is 1. The van der Waals surface area contributed by atoms with E-state index in [2.05, 4.69) is 10.3 Å². The predicted octanol–water partition coefficient (Wildman–Crippen LogP) is 3.84. The fourth-order valence-corrected chi connectivity index (χ4v) is 1.75. The van der Waals surface area contributed by atoms with Gasteiger partial charge in [-0.15, -0.1) is 0 Å². The summed E-state index contributed by atoms with van der Waals surface area (Å²) in [4.78, 5) is 3.96. The molecule has 0 fully saturated rings. The summed E-state index contributed by atoms with van der Waals surface area (Å²) in [5.41, 5.74) is -1.15. The number of rotatable bonds is 3. The molecule has 3 nitrogen and oxygen atoms in total. The van der Waals surface area contributed by atoms with Crippen LogP contribution in [0.3, 0.4) is 0 Å². The molecule has 0 aliphatic heterocycles. The summed E-state index contributed by atoms with van der Waals surface area (Å²) in [5.74, 6) is -0.287. The highest BCUT2D eigenvalue weighted by Crippen LogP contribution is 2.31. The predicted molar refractivity (Wildman–Crippen MR) is 66.9 cm³/mol. The van der Waals surface area contributed by atoms with Crippen LogP contribution in [0.1, 0.15) is 11.4 Å². The number of anilines is 1. The Hall–Kier alpha value is -1.76. The van der Waals surface area contributed by atoms with Gasteiger partial charge in [0.2, 0.25) is 0 Å². The first-order chi connectivity index (χ1) is 9.29. The molecule has 0 saturated heterocycles. The molecular weight excluding hydrogens is 298 g/mol. The Morgan fingerprint density at radius 1 is 1.35 bits per heavy atom. The second-order valence-electron chi connectivity index (χ2n) is 4.10. The highest BCUT2D eigenvalue weighted by molar-refractivity contribution is 6.29. The molecule has 1 aromatic carbocycles. The van der Waals surface area contributed by atoms with E-state index in [1.165, 1.54) is 6.20 Å². The first-order valence-corrected chi connectivity index (χ1v) is 5.93. The Kier molecular flexibility index (Phi) is 3.89. The van der Waals surface area contributed by atoms with E-state index in [1.54, 1.807) is 11.6 Å². The number of aromatic nitrogens is 2. The monoisotopic (exact) mass is 307 g/mol. The molecule has 0 radical (unpaired) electrons. The highest BCUT2D eigenvalue weighted by atomic mass is 35.5. The maximum absolute atomic E-state index is 13.5. The van der Waals surface area contributed by atoms with Gasteiger partial charge < -0.3 is 9.88 Å². The van der Waals surface area contributed by atoms with E-state index in [4.69, 9.17) is 11.6 Å². The SMILES string of the molecule is Cn1c(Cl)cnc1CNc1cc(C(F)(F)F)ccc1F. The minimum absolute atomic E-state index is 0.0570. The molecule has 1 aromatic heterocycles. The van der Waals surface area contributed by atoms with Crippen molar-refractivity contribution in [1.82, 2.24) is 9.55 Å². The molecule has 2 aromatic rings. The van der Waals surface area contributed by atoms with E-state index >= 15 is 0 Å². The van der Waals surface area contributed by atoms with Gasteiger partial charge >= 0.3 is 6.18 Å². The zero-order chi connectivity index (χ0) is 14.9. The maximum Gasteiger partial charge on any atom is 0.416 e. The number of alkyl halides is 3. The number of halogens is 5. The molecule has 0 amide bonds. The van der Waals surface area contributed by atoms with Gasteiger partial charge in [-0.25, -0.2) is 9.37 Å². The van der Waals surface area contributed by atoms with E-state index in [1.807, 2.05) is 0 Å². The van der Waals surface area contributed by atoms with Gasteiger partial charge in [0.1, 0.15) is 16.8 Å². The number of hydrogen-bond acceptors (Lipinski definition) is 2. The third-order valence-corrected chi connectivity index (χ3v) is 3.11. The average molecular weight is 308 g/mol. The second-order valence-corrected chi connectivity index (χ2v) is 4.49. The number of benzene rings is 1. The number of imidazole rings is 1. The fraction of sp³-hybridized carbons (Fsp3) is 0.250. The van der Waals surface area contributed by atoms with Crippen LogP contribution >= 0.6 is 11.6 Å². The van der Waals surface area contributed by atoms with Crippen LogP contribution in [0.2, 0.25) is 5.15 Å². The summed E-state index contributed by atoms with van der Waals surface area (Å²) < 4.78 is 52.7. The van der Waals surface area contributed by atoms with Crippen molar-refractivity contribution in [3.63, 3.8) is 0 Å². The van der Waals surface area contributed by atoms with Gasteiger partial charge in [0, 0.05) is 7.05 Å². The van der Waals surface area contributed by atoms with E-state index in [9.17, 15) is 17.6 Å².